The third-order valence-electron chi connectivity index (χ3n) is 3.27. The van der Waals surface area contributed by atoms with Gasteiger partial charge in [-0.1, -0.05) is 34.1 Å². The smallest absolute Gasteiger partial charge is 0.222 e. The summed E-state index contributed by atoms with van der Waals surface area (Å²) in [7, 11) is 0. The summed E-state index contributed by atoms with van der Waals surface area (Å²) in [5, 5.41) is 5.92. The van der Waals surface area contributed by atoms with Gasteiger partial charge in [0.25, 0.3) is 0 Å². The lowest BCUT2D eigenvalue weighted by atomic mass is 10.2. The number of rotatable bonds is 6. The molecule has 0 aliphatic rings. The number of hydrogen-bond donors (Lipinski definition) is 2. The summed E-state index contributed by atoms with van der Waals surface area (Å²) in [6.07, 6.45) is 0.337. The van der Waals surface area contributed by atoms with Crippen LogP contribution in [-0.4, -0.2) is 12.5 Å². The van der Waals surface area contributed by atoms with Crippen LogP contribution in [0.4, 0.5) is 10.1 Å². The van der Waals surface area contributed by atoms with Crippen molar-refractivity contribution >= 4 is 27.5 Å². The fourth-order valence-corrected chi connectivity index (χ4v) is 2.25. The van der Waals surface area contributed by atoms with E-state index < -0.39 is 0 Å². The summed E-state index contributed by atoms with van der Waals surface area (Å²) in [5.41, 5.74) is 2.60. The Kier molecular flexibility index (Phi) is 5.95. The van der Waals surface area contributed by atoms with Crippen LogP contribution in [0.2, 0.25) is 0 Å². The maximum atomic E-state index is 13.4. The molecule has 22 heavy (non-hydrogen) atoms. The van der Waals surface area contributed by atoms with Crippen molar-refractivity contribution in [3.63, 3.8) is 0 Å². The number of benzene rings is 2. The Bertz CT molecular complexity index is 661. The molecule has 0 spiro atoms. The molecule has 1 amide bonds. The molecule has 0 atom stereocenters. The molecule has 0 aromatic heterocycles. The van der Waals surface area contributed by atoms with Crippen LogP contribution in [0.5, 0.6) is 0 Å². The van der Waals surface area contributed by atoms with Crippen LogP contribution < -0.4 is 10.6 Å². The van der Waals surface area contributed by atoms with E-state index in [4.69, 9.17) is 0 Å². The first-order chi connectivity index (χ1) is 10.6. The molecule has 0 radical (unpaired) electrons. The van der Waals surface area contributed by atoms with Crippen LogP contribution in [0.3, 0.4) is 0 Å². The van der Waals surface area contributed by atoms with Crippen LogP contribution in [0.25, 0.3) is 0 Å². The highest BCUT2D eigenvalue weighted by Gasteiger charge is 2.04. The molecule has 0 heterocycles. The normalized spacial score (nSPS) is 10.3. The number of carbonyl (C=O) groups excluding carboxylic acids is 1. The Morgan fingerprint density at radius 3 is 2.73 bits per heavy atom. The van der Waals surface area contributed by atoms with E-state index in [0.29, 0.717) is 18.5 Å². The molecule has 2 N–H and O–H groups in total. The Labute approximate surface area is 138 Å². The molecular weight excluding hydrogens is 347 g/mol. The van der Waals surface area contributed by atoms with Crippen molar-refractivity contribution in [1.29, 1.82) is 0 Å². The van der Waals surface area contributed by atoms with Crippen LogP contribution >= 0.6 is 15.9 Å². The van der Waals surface area contributed by atoms with Gasteiger partial charge in [-0.25, -0.2) is 4.39 Å². The second kappa shape index (κ2) is 7.94. The molecule has 0 aliphatic carbocycles. The lowest BCUT2D eigenvalue weighted by Gasteiger charge is -2.09. The van der Waals surface area contributed by atoms with Crippen molar-refractivity contribution in [1.82, 2.24) is 5.32 Å². The number of aryl methyl sites for hydroxylation is 1. The van der Waals surface area contributed by atoms with Crippen molar-refractivity contribution in [2.75, 3.05) is 11.9 Å². The minimum Gasteiger partial charge on any atom is -0.385 e. The average molecular weight is 365 g/mol. The Balaban J connectivity index is 1.74. The summed E-state index contributed by atoms with van der Waals surface area (Å²) in [4.78, 5) is 11.8. The zero-order valence-corrected chi connectivity index (χ0v) is 13.9. The molecule has 3 nitrogen and oxygen atoms in total. The fourth-order valence-electron chi connectivity index (χ4n) is 2.00. The number of amides is 1. The quantitative estimate of drug-likeness (QED) is 0.812. The standard InChI is InChI=1S/C17H18BrFN2O/c1-12-10-14(6-7-15(12)18)20-9-8-17(22)21-11-13-4-2-3-5-16(13)19/h2-7,10,20H,8-9,11H2,1H3,(H,21,22). The first-order valence-electron chi connectivity index (χ1n) is 7.06. The highest BCUT2D eigenvalue weighted by atomic mass is 79.9. The predicted octanol–water partition coefficient (Wildman–Crippen LogP) is 4.02. The average Bonchev–Trinajstić information content (AvgIpc) is 2.50. The lowest BCUT2D eigenvalue weighted by Crippen LogP contribution is -2.25. The lowest BCUT2D eigenvalue weighted by molar-refractivity contribution is -0.121. The van der Waals surface area contributed by atoms with E-state index in [1.165, 1.54) is 6.07 Å². The second-order valence-corrected chi connectivity index (χ2v) is 5.86. The van der Waals surface area contributed by atoms with E-state index >= 15 is 0 Å². The van der Waals surface area contributed by atoms with Crippen molar-refractivity contribution in [3.05, 3.63) is 63.9 Å². The first-order valence-corrected chi connectivity index (χ1v) is 7.85. The molecular formula is C17H18BrFN2O. The van der Waals surface area contributed by atoms with Gasteiger partial charge >= 0.3 is 0 Å². The number of hydrogen-bond acceptors (Lipinski definition) is 2. The third kappa shape index (κ3) is 4.84. The van der Waals surface area contributed by atoms with Gasteiger partial charge in [-0.3, -0.25) is 4.79 Å². The van der Waals surface area contributed by atoms with Gasteiger partial charge in [-0.05, 0) is 36.8 Å². The minimum atomic E-state index is -0.300. The molecule has 116 valence electrons. The summed E-state index contributed by atoms with van der Waals surface area (Å²) in [5.74, 6) is -0.407. The maximum absolute atomic E-state index is 13.4. The number of halogens is 2. The zero-order valence-electron chi connectivity index (χ0n) is 12.3. The van der Waals surface area contributed by atoms with Crippen LogP contribution in [-0.2, 0) is 11.3 Å². The van der Waals surface area contributed by atoms with Gasteiger partial charge in [0.15, 0.2) is 0 Å². The third-order valence-corrected chi connectivity index (χ3v) is 4.16. The van der Waals surface area contributed by atoms with Crippen molar-refractivity contribution in [3.8, 4) is 0 Å². The van der Waals surface area contributed by atoms with E-state index in [2.05, 4.69) is 26.6 Å². The van der Waals surface area contributed by atoms with Gasteiger partial charge in [0.1, 0.15) is 5.82 Å². The van der Waals surface area contributed by atoms with Gasteiger partial charge in [0.2, 0.25) is 5.91 Å². The van der Waals surface area contributed by atoms with E-state index in [-0.39, 0.29) is 18.3 Å². The van der Waals surface area contributed by atoms with E-state index in [0.717, 1.165) is 15.7 Å². The fraction of sp³-hybridized carbons (Fsp3) is 0.235. The minimum absolute atomic E-state index is 0.107. The Hall–Kier alpha value is -1.88. The van der Waals surface area contributed by atoms with E-state index in [1.54, 1.807) is 18.2 Å². The van der Waals surface area contributed by atoms with Gasteiger partial charge in [0.05, 0.1) is 0 Å². The molecule has 5 heteroatoms. The summed E-state index contributed by atoms with van der Waals surface area (Å²) in [6.45, 7) is 2.75. The second-order valence-electron chi connectivity index (χ2n) is 5.01. The van der Waals surface area contributed by atoms with Crippen LogP contribution in [0, 0.1) is 12.7 Å². The van der Waals surface area contributed by atoms with E-state index in [9.17, 15) is 9.18 Å². The number of nitrogens with one attached hydrogen (secondary N) is 2. The zero-order chi connectivity index (χ0) is 15.9. The van der Waals surface area contributed by atoms with E-state index in [1.807, 2.05) is 25.1 Å². The molecule has 0 saturated heterocycles. The van der Waals surface area contributed by atoms with Crippen molar-refractivity contribution < 1.29 is 9.18 Å². The topological polar surface area (TPSA) is 41.1 Å². The van der Waals surface area contributed by atoms with Crippen LogP contribution in [0.15, 0.2) is 46.9 Å². The van der Waals surface area contributed by atoms with Gasteiger partial charge in [-0.2, -0.15) is 0 Å². The van der Waals surface area contributed by atoms with Gasteiger partial charge in [-0.15, -0.1) is 0 Å². The molecule has 0 bridgehead atoms. The monoisotopic (exact) mass is 364 g/mol. The van der Waals surface area contributed by atoms with Crippen molar-refractivity contribution in [2.24, 2.45) is 0 Å². The van der Waals surface area contributed by atoms with Crippen molar-refractivity contribution in [2.45, 2.75) is 19.9 Å². The summed E-state index contributed by atoms with van der Waals surface area (Å²) in [6, 6.07) is 12.4. The SMILES string of the molecule is Cc1cc(NCCC(=O)NCc2ccccc2F)ccc1Br. The first kappa shape index (κ1) is 16.5. The molecule has 0 unspecified atom stereocenters. The molecule has 2 aromatic rings. The highest BCUT2D eigenvalue weighted by molar-refractivity contribution is 9.10. The molecule has 2 rings (SSSR count). The summed E-state index contributed by atoms with van der Waals surface area (Å²) >= 11 is 3.45. The molecule has 2 aromatic carbocycles. The van der Waals surface area contributed by atoms with Gasteiger partial charge < -0.3 is 10.6 Å². The predicted molar refractivity (Wildman–Crippen MR) is 90.2 cm³/mol. The summed E-state index contributed by atoms with van der Waals surface area (Å²) < 4.78 is 14.5. The maximum Gasteiger partial charge on any atom is 0.222 e. The molecule has 0 aliphatic heterocycles. The van der Waals surface area contributed by atoms with Crippen LogP contribution in [0.1, 0.15) is 17.5 Å². The largest absolute Gasteiger partial charge is 0.385 e. The molecule has 0 saturated carbocycles. The van der Waals surface area contributed by atoms with Gasteiger partial charge in [0, 0.05) is 35.2 Å². The number of anilines is 1. The molecule has 0 fully saturated rings. The Morgan fingerprint density at radius 2 is 2.00 bits per heavy atom. The Morgan fingerprint density at radius 1 is 1.23 bits per heavy atom. The highest BCUT2D eigenvalue weighted by Crippen LogP contribution is 2.19. The number of carbonyl (C=O) groups is 1.